The summed E-state index contributed by atoms with van der Waals surface area (Å²) in [5, 5.41) is 6.66. The van der Waals surface area contributed by atoms with E-state index in [0.717, 1.165) is 24.2 Å². The summed E-state index contributed by atoms with van der Waals surface area (Å²) >= 11 is 0. The smallest absolute Gasteiger partial charge is 0.240 e. The Hall–Kier alpha value is -2.79. The molecule has 0 fully saturated rings. The van der Waals surface area contributed by atoms with Gasteiger partial charge in [-0.05, 0) is 21.8 Å². The molecule has 0 spiro atoms. The van der Waals surface area contributed by atoms with Gasteiger partial charge in [-0.3, -0.25) is 0 Å². The van der Waals surface area contributed by atoms with Crippen molar-refractivity contribution >= 4 is 27.5 Å². The third-order valence-corrected chi connectivity index (χ3v) is 10.5. The molecule has 0 N–H and O–H groups in total. The van der Waals surface area contributed by atoms with Crippen molar-refractivity contribution < 1.29 is 13.7 Å². The van der Waals surface area contributed by atoms with Crippen LogP contribution < -0.4 is 10.4 Å². The van der Waals surface area contributed by atoms with Crippen LogP contribution >= 0.6 is 0 Å². The van der Waals surface area contributed by atoms with Gasteiger partial charge in [0.05, 0.1) is 18.0 Å². The van der Waals surface area contributed by atoms with E-state index in [0.29, 0.717) is 12.4 Å². The molecular weight excluding hydrogens is 495 g/mol. The summed E-state index contributed by atoms with van der Waals surface area (Å²) in [6, 6.07) is 24.1. The molecule has 0 amide bonds. The second-order valence-corrected chi connectivity index (χ2v) is 19.7. The number of hydrogen-bond acceptors (Lipinski definition) is 5. The number of aromatic nitrogens is 3. The first-order valence-corrected chi connectivity index (χ1v) is 18.3. The maximum absolute atomic E-state index is 7.19. The third kappa shape index (κ3) is 7.16. The highest BCUT2D eigenvalue weighted by molar-refractivity contribution is 6.80. The number of benzene rings is 2. The van der Waals surface area contributed by atoms with Crippen molar-refractivity contribution in [2.75, 3.05) is 6.61 Å². The van der Waals surface area contributed by atoms with Crippen molar-refractivity contribution in [1.82, 2.24) is 14.7 Å². The van der Waals surface area contributed by atoms with Crippen molar-refractivity contribution in [2.45, 2.75) is 59.3 Å². The van der Waals surface area contributed by atoms with Crippen LogP contribution in [0.25, 0.3) is 11.5 Å². The predicted octanol–water partition coefficient (Wildman–Crippen LogP) is 5.49. The Bertz CT molecular complexity index is 1190. The van der Waals surface area contributed by atoms with Gasteiger partial charge in [0.15, 0.2) is 5.82 Å². The van der Waals surface area contributed by atoms with E-state index in [9.17, 15) is 0 Å². The lowest BCUT2D eigenvalue weighted by Gasteiger charge is -2.35. The van der Waals surface area contributed by atoms with Crippen LogP contribution in [0.3, 0.4) is 0 Å². The van der Waals surface area contributed by atoms with Gasteiger partial charge in [-0.2, -0.15) is 0 Å². The van der Waals surface area contributed by atoms with Gasteiger partial charge in [-0.1, -0.05) is 106 Å². The molecule has 0 bridgehead atoms. The SMILES string of the molecule is CC(C)(C)C(O[SiH](c1ccccc1)c1ccccc1)c1cnc(-c2ccon2)n1COCC[Si](C)(C)C. The molecule has 0 radical (unpaired) electrons. The predicted molar refractivity (Wildman–Crippen MR) is 154 cm³/mol. The topological polar surface area (TPSA) is 62.3 Å². The molecule has 37 heavy (non-hydrogen) atoms. The quantitative estimate of drug-likeness (QED) is 0.188. The summed E-state index contributed by atoms with van der Waals surface area (Å²) < 4.78 is 20.7. The molecule has 0 saturated carbocycles. The van der Waals surface area contributed by atoms with Crippen molar-refractivity contribution in [3.05, 3.63) is 84.9 Å². The monoisotopic (exact) mass is 533 g/mol. The third-order valence-electron chi connectivity index (χ3n) is 6.30. The van der Waals surface area contributed by atoms with E-state index >= 15 is 0 Å². The zero-order chi connectivity index (χ0) is 26.5. The molecule has 2 aromatic carbocycles. The number of nitrogens with zero attached hydrogens (tertiary/aromatic N) is 3. The average Bonchev–Trinajstić information content (AvgIpc) is 3.52. The first kappa shape index (κ1) is 27.3. The average molecular weight is 534 g/mol. The lowest BCUT2D eigenvalue weighted by molar-refractivity contribution is 0.0560. The van der Waals surface area contributed by atoms with Crippen LogP contribution in [0.5, 0.6) is 0 Å². The fourth-order valence-electron chi connectivity index (χ4n) is 4.26. The van der Waals surface area contributed by atoms with E-state index < -0.39 is 17.1 Å². The van der Waals surface area contributed by atoms with E-state index in [4.69, 9.17) is 18.7 Å². The van der Waals surface area contributed by atoms with Crippen LogP contribution in [-0.2, 0) is 15.9 Å². The van der Waals surface area contributed by atoms with E-state index in [1.807, 2.05) is 12.3 Å². The van der Waals surface area contributed by atoms with Gasteiger partial charge >= 0.3 is 0 Å². The first-order chi connectivity index (χ1) is 17.6. The maximum Gasteiger partial charge on any atom is 0.240 e. The maximum atomic E-state index is 7.19. The summed E-state index contributed by atoms with van der Waals surface area (Å²) in [5.74, 6) is 0.729. The van der Waals surface area contributed by atoms with Crippen LogP contribution in [0.1, 0.15) is 32.6 Å². The molecule has 0 saturated heterocycles. The molecule has 2 aromatic heterocycles. The molecule has 1 atom stereocenters. The highest BCUT2D eigenvalue weighted by Gasteiger charge is 2.35. The van der Waals surface area contributed by atoms with Gasteiger partial charge in [0.2, 0.25) is 9.04 Å². The summed E-state index contributed by atoms with van der Waals surface area (Å²) in [4.78, 5) is 4.78. The molecule has 2 heterocycles. The molecule has 0 aliphatic carbocycles. The zero-order valence-electron chi connectivity index (χ0n) is 22.8. The standard InChI is InChI=1S/C29H39N3O3Si2/c1-29(2,3)27(35-36(23-13-9-7-10-14-23)24-15-11-8-12-16-24)26-21-30-28(25-17-18-34-31-25)32(26)22-33-19-20-37(4,5)6/h7-18,21,27,36H,19-20,22H2,1-6H3. The minimum absolute atomic E-state index is 0.188. The van der Waals surface area contributed by atoms with Crippen LogP contribution in [-0.4, -0.2) is 38.4 Å². The molecule has 4 rings (SSSR count). The fourth-order valence-corrected chi connectivity index (χ4v) is 7.68. The summed E-state index contributed by atoms with van der Waals surface area (Å²) in [5.41, 5.74) is 1.49. The minimum atomic E-state index is -2.02. The molecule has 0 aliphatic heterocycles. The summed E-state index contributed by atoms with van der Waals surface area (Å²) in [6.07, 6.45) is 3.28. The first-order valence-electron chi connectivity index (χ1n) is 12.9. The Morgan fingerprint density at radius 1 is 0.946 bits per heavy atom. The number of ether oxygens (including phenoxy) is 1. The lowest BCUT2D eigenvalue weighted by atomic mass is 9.87. The number of imidazole rings is 1. The van der Waals surface area contributed by atoms with Gasteiger partial charge in [0.25, 0.3) is 0 Å². The van der Waals surface area contributed by atoms with Crippen LogP contribution in [0, 0.1) is 5.41 Å². The second kappa shape index (κ2) is 11.7. The van der Waals surface area contributed by atoms with Crippen molar-refractivity contribution in [3.63, 3.8) is 0 Å². The highest BCUT2D eigenvalue weighted by atomic mass is 28.3. The molecule has 0 aliphatic rings. The minimum Gasteiger partial charge on any atom is -0.402 e. The van der Waals surface area contributed by atoms with Gasteiger partial charge in [0, 0.05) is 20.7 Å². The van der Waals surface area contributed by atoms with E-state index in [-0.39, 0.29) is 11.5 Å². The summed E-state index contributed by atoms with van der Waals surface area (Å²) in [7, 11) is -3.22. The molecule has 6 nitrogen and oxygen atoms in total. The Balaban J connectivity index is 1.72. The van der Waals surface area contributed by atoms with Crippen molar-refractivity contribution in [2.24, 2.45) is 5.41 Å². The highest BCUT2D eigenvalue weighted by Crippen LogP contribution is 2.38. The second-order valence-electron chi connectivity index (χ2n) is 11.8. The zero-order valence-corrected chi connectivity index (χ0v) is 25.0. The van der Waals surface area contributed by atoms with Gasteiger partial charge in [-0.15, -0.1) is 0 Å². The Labute approximate surface area is 223 Å². The summed E-state index contributed by atoms with van der Waals surface area (Å²) in [6.45, 7) is 14.9. The van der Waals surface area contributed by atoms with Gasteiger partial charge in [0.1, 0.15) is 18.7 Å². The molecule has 4 aromatic rings. The van der Waals surface area contributed by atoms with Crippen molar-refractivity contribution in [1.29, 1.82) is 0 Å². The molecule has 8 heteroatoms. The lowest BCUT2D eigenvalue weighted by Crippen LogP contribution is -2.47. The molecular formula is C29H39N3O3Si2. The van der Waals surface area contributed by atoms with Crippen molar-refractivity contribution in [3.8, 4) is 11.5 Å². The number of rotatable bonds is 11. The normalized spacial score (nSPS) is 13.3. The van der Waals surface area contributed by atoms with Gasteiger partial charge < -0.3 is 18.3 Å². The largest absolute Gasteiger partial charge is 0.402 e. The fraction of sp³-hybridized carbons (Fsp3) is 0.379. The Kier molecular flexibility index (Phi) is 8.64. The molecule has 1 unspecified atom stereocenters. The number of hydrogen-bond donors (Lipinski definition) is 0. The Morgan fingerprint density at radius 3 is 2.08 bits per heavy atom. The van der Waals surface area contributed by atoms with Crippen LogP contribution in [0.4, 0.5) is 0 Å². The van der Waals surface area contributed by atoms with E-state index in [1.165, 1.54) is 10.4 Å². The van der Waals surface area contributed by atoms with Gasteiger partial charge in [-0.25, -0.2) is 4.98 Å². The van der Waals surface area contributed by atoms with E-state index in [2.05, 4.69) is 111 Å². The Morgan fingerprint density at radius 2 is 1.57 bits per heavy atom. The van der Waals surface area contributed by atoms with Crippen LogP contribution in [0.2, 0.25) is 25.7 Å². The van der Waals surface area contributed by atoms with Crippen LogP contribution in [0.15, 0.2) is 83.7 Å². The molecule has 196 valence electrons. The van der Waals surface area contributed by atoms with E-state index in [1.54, 1.807) is 6.26 Å².